The number of nitrogens with one attached hydrogen (secondary N) is 2. The van der Waals surface area contributed by atoms with Gasteiger partial charge in [-0.3, -0.25) is 14.4 Å². The molecule has 2 aliphatic heterocycles. The van der Waals surface area contributed by atoms with Crippen LogP contribution in [0.15, 0.2) is 60.8 Å². The van der Waals surface area contributed by atoms with Gasteiger partial charge >= 0.3 is 0 Å². The highest BCUT2D eigenvalue weighted by molar-refractivity contribution is 6.06. The third-order valence-electron chi connectivity index (χ3n) is 8.17. The molecule has 2 aromatic carbocycles. The third-order valence-corrected chi connectivity index (χ3v) is 8.17. The van der Waals surface area contributed by atoms with Crippen LogP contribution in [0, 0.1) is 11.3 Å². The number of hydrogen-bond acceptors (Lipinski definition) is 3. The maximum Gasteiger partial charge on any atom is 0.256 e. The molecule has 2 amide bonds. The number of carbonyl (C=O) groups excluding carboxylic acids is 3. The maximum absolute atomic E-state index is 13.9. The molecular formula is C30H32N4O3. The summed E-state index contributed by atoms with van der Waals surface area (Å²) in [5.74, 6) is -0.468. The van der Waals surface area contributed by atoms with Crippen molar-refractivity contribution in [2.24, 2.45) is 11.3 Å². The highest BCUT2D eigenvalue weighted by Gasteiger charge is 2.49. The molecule has 0 spiro atoms. The summed E-state index contributed by atoms with van der Waals surface area (Å²) in [5, 5.41) is 2.00. The van der Waals surface area contributed by atoms with Gasteiger partial charge in [0.15, 0.2) is 5.78 Å². The lowest BCUT2D eigenvalue weighted by atomic mass is 9.76. The number of H-pyrrole nitrogens is 2. The van der Waals surface area contributed by atoms with Crippen molar-refractivity contribution in [2.75, 3.05) is 13.1 Å². The summed E-state index contributed by atoms with van der Waals surface area (Å²) in [6.45, 7) is 7.11. The van der Waals surface area contributed by atoms with E-state index in [1.54, 1.807) is 0 Å². The maximum atomic E-state index is 13.9. The Hall–Kier alpha value is -3.87. The monoisotopic (exact) mass is 496 g/mol. The molecule has 2 saturated heterocycles. The zero-order valence-corrected chi connectivity index (χ0v) is 21.5. The minimum atomic E-state index is -0.442. The van der Waals surface area contributed by atoms with Gasteiger partial charge < -0.3 is 19.8 Å². The van der Waals surface area contributed by atoms with Gasteiger partial charge in [0.1, 0.15) is 0 Å². The highest BCUT2D eigenvalue weighted by Crippen LogP contribution is 2.38. The van der Waals surface area contributed by atoms with E-state index in [4.69, 9.17) is 0 Å². The summed E-state index contributed by atoms with van der Waals surface area (Å²) in [4.78, 5) is 50.8. The first-order chi connectivity index (χ1) is 17.7. The summed E-state index contributed by atoms with van der Waals surface area (Å²) in [7, 11) is 0. The van der Waals surface area contributed by atoms with Gasteiger partial charge in [-0.05, 0) is 36.1 Å². The van der Waals surface area contributed by atoms with Crippen LogP contribution < -0.4 is 0 Å². The number of ketones is 1. The van der Waals surface area contributed by atoms with Crippen LogP contribution in [0.3, 0.4) is 0 Å². The van der Waals surface area contributed by atoms with Gasteiger partial charge in [0.2, 0.25) is 5.91 Å². The largest absolute Gasteiger partial charge is 0.361 e. The first-order valence-corrected chi connectivity index (χ1v) is 13.0. The number of para-hydroxylation sites is 2. The minimum absolute atomic E-state index is 0.00306. The Morgan fingerprint density at radius 2 is 1.68 bits per heavy atom. The van der Waals surface area contributed by atoms with E-state index in [0.29, 0.717) is 24.3 Å². The predicted octanol–water partition coefficient (Wildman–Crippen LogP) is 5.01. The zero-order chi connectivity index (χ0) is 25.9. The molecule has 3 atom stereocenters. The second-order valence-electron chi connectivity index (χ2n) is 11.6. The number of carbonyl (C=O) groups is 3. The van der Waals surface area contributed by atoms with Crippen molar-refractivity contribution < 1.29 is 14.4 Å². The van der Waals surface area contributed by atoms with Crippen LogP contribution in [-0.4, -0.2) is 62.5 Å². The Bertz CT molecular complexity index is 1490. The molecule has 0 aliphatic carbocycles. The molecule has 0 radical (unpaired) electrons. The normalized spacial score (nSPS) is 20.2. The Labute approximate surface area is 215 Å². The van der Waals surface area contributed by atoms with Gasteiger partial charge in [-0.15, -0.1) is 0 Å². The molecule has 2 N–H and O–H groups in total. The number of fused-ring (bicyclic) bond motifs is 4. The number of aromatic amines is 2. The van der Waals surface area contributed by atoms with E-state index in [9.17, 15) is 14.4 Å². The number of amides is 2. The van der Waals surface area contributed by atoms with Crippen LogP contribution in [0.5, 0.6) is 0 Å². The number of likely N-dealkylation sites (tertiary alicyclic amines) is 2. The number of hydrogen-bond donors (Lipinski definition) is 2. The number of rotatable bonds is 5. The van der Waals surface area contributed by atoms with Gasteiger partial charge in [0.05, 0.1) is 34.8 Å². The smallest absolute Gasteiger partial charge is 0.256 e. The first kappa shape index (κ1) is 23.5. The van der Waals surface area contributed by atoms with Gasteiger partial charge in [-0.25, -0.2) is 0 Å². The van der Waals surface area contributed by atoms with E-state index in [0.717, 1.165) is 28.2 Å². The van der Waals surface area contributed by atoms with Gasteiger partial charge in [-0.1, -0.05) is 51.1 Å². The van der Waals surface area contributed by atoms with E-state index >= 15 is 0 Å². The van der Waals surface area contributed by atoms with Crippen molar-refractivity contribution in [1.82, 2.24) is 19.8 Å². The van der Waals surface area contributed by atoms with Crippen molar-refractivity contribution >= 4 is 39.4 Å². The van der Waals surface area contributed by atoms with E-state index in [-0.39, 0.29) is 41.5 Å². The van der Waals surface area contributed by atoms with Crippen molar-refractivity contribution in [3.63, 3.8) is 0 Å². The topological polar surface area (TPSA) is 89.3 Å². The Kier molecular flexibility index (Phi) is 5.48. The number of piperazine rings is 1. The molecule has 2 aliphatic rings. The molecule has 4 aromatic rings. The van der Waals surface area contributed by atoms with Crippen LogP contribution in [0.25, 0.3) is 21.8 Å². The second kappa shape index (κ2) is 8.61. The van der Waals surface area contributed by atoms with Crippen molar-refractivity contribution in [1.29, 1.82) is 0 Å². The van der Waals surface area contributed by atoms with Crippen LogP contribution in [0.4, 0.5) is 0 Å². The molecule has 2 bridgehead atoms. The number of Topliss-reactive ketones (excluding diaryl/α,β-unsaturated/α-hetero) is 1. The summed E-state index contributed by atoms with van der Waals surface area (Å²) in [5.41, 5.74) is 2.61. The van der Waals surface area contributed by atoms with E-state index in [1.807, 2.05) is 91.4 Å². The van der Waals surface area contributed by atoms with E-state index < -0.39 is 5.92 Å². The SMILES string of the molecule is CC(C)(C)[C@H](CC(=O)c1cc2ccccc2[nH]1)C(=O)N1C[C@@H]2C[C@H]1CN2C(=O)c1cccc2cc[nH]c12. The molecule has 0 unspecified atom stereocenters. The Balaban J connectivity index is 1.18. The molecule has 7 nitrogen and oxygen atoms in total. The summed E-state index contributed by atoms with van der Waals surface area (Å²) in [6.07, 6.45) is 2.78. The fourth-order valence-corrected chi connectivity index (χ4v) is 6.09. The third kappa shape index (κ3) is 4.02. The van der Waals surface area contributed by atoms with Gasteiger partial charge in [-0.2, -0.15) is 0 Å². The minimum Gasteiger partial charge on any atom is -0.361 e. The first-order valence-electron chi connectivity index (χ1n) is 13.0. The van der Waals surface area contributed by atoms with Gasteiger partial charge in [0, 0.05) is 42.0 Å². The van der Waals surface area contributed by atoms with E-state index in [2.05, 4.69) is 9.97 Å². The van der Waals surface area contributed by atoms with Crippen molar-refractivity contribution in [2.45, 2.75) is 45.7 Å². The lowest BCUT2D eigenvalue weighted by molar-refractivity contribution is -0.141. The molecule has 7 heteroatoms. The average molecular weight is 497 g/mol. The summed E-state index contributed by atoms with van der Waals surface area (Å²) >= 11 is 0. The van der Waals surface area contributed by atoms with Crippen molar-refractivity contribution in [3.8, 4) is 0 Å². The van der Waals surface area contributed by atoms with Crippen LogP contribution in [0.1, 0.15) is 54.5 Å². The second-order valence-corrected chi connectivity index (χ2v) is 11.6. The number of aromatic nitrogens is 2. The van der Waals surface area contributed by atoms with Gasteiger partial charge in [0.25, 0.3) is 5.91 Å². The Morgan fingerprint density at radius 3 is 2.41 bits per heavy atom. The zero-order valence-electron chi connectivity index (χ0n) is 21.5. The quantitative estimate of drug-likeness (QED) is 0.381. The predicted molar refractivity (Wildman–Crippen MR) is 143 cm³/mol. The standard InChI is InChI=1S/C30H32N4O3/c1-30(2,3)23(15-26(35)25-13-19-7-4-5-10-24(19)32-25)29(37)34-17-20-14-21(34)16-33(20)28(36)22-9-6-8-18-11-12-31-27(18)22/h4-13,20-21,23,31-32H,14-17H2,1-3H3/t20-,21-,23+/m0/s1. The number of benzene rings is 2. The highest BCUT2D eigenvalue weighted by atomic mass is 16.2. The number of nitrogens with zero attached hydrogens (tertiary/aromatic N) is 2. The summed E-state index contributed by atoms with van der Waals surface area (Å²) in [6, 6.07) is 17.4. The Morgan fingerprint density at radius 1 is 0.946 bits per heavy atom. The lowest BCUT2D eigenvalue weighted by Gasteiger charge is -2.39. The van der Waals surface area contributed by atoms with Crippen molar-refractivity contribution in [3.05, 3.63) is 72.1 Å². The molecular weight excluding hydrogens is 464 g/mol. The molecule has 0 saturated carbocycles. The fraction of sp³-hybridized carbons (Fsp3) is 0.367. The fourth-order valence-electron chi connectivity index (χ4n) is 6.09. The molecule has 190 valence electrons. The van der Waals surface area contributed by atoms with Crippen LogP contribution in [-0.2, 0) is 4.79 Å². The average Bonchev–Trinajstić information content (AvgIpc) is 3.67. The molecule has 4 heterocycles. The van der Waals surface area contributed by atoms with Crippen LogP contribution in [0.2, 0.25) is 0 Å². The molecule has 2 fully saturated rings. The summed E-state index contributed by atoms with van der Waals surface area (Å²) < 4.78 is 0. The van der Waals surface area contributed by atoms with Crippen LogP contribution >= 0.6 is 0 Å². The molecule has 6 rings (SSSR count). The molecule has 37 heavy (non-hydrogen) atoms. The lowest BCUT2D eigenvalue weighted by Crippen LogP contribution is -2.53. The molecule has 2 aromatic heterocycles. The van der Waals surface area contributed by atoms with E-state index in [1.165, 1.54) is 0 Å².